The van der Waals surface area contributed by atoms with Crippen LogP contribution in [0.3, 0.4) is 0 Å². The number of nitrogens with zero attached hydrogens (tertiary/aromatic N) is 3. The highest BCUT2D eigenvalue weighted by molar-refractivity contribution is 6.17. The van der Waals surface area contributed by atoms with Gasteiger partial charge in [-0.2, -0.15) is 0 Å². The third-order valence-corrected chi connectivity index (χ3v) is 9.74. The maximum absolute atomic E-state index is 6.51. The zero-order valence-electron chi connectivity index (χ0n) is 27.5. The minimum absolute atomic E-state index is 0.597. The second-order valence-electron chi connectivity index (χ2n) is 12.8. The summed E-state index contributed by atoms with van der Waals surface area (Å²) in [5.41, 5.74) is 8.94. The van der Waals surface area contributed by atoms with Gasteiger partial charge in [0, 0.05) is 27.5 Å². The lowest BCUT2D eigenvalue weighted by atomic mass is 9.95. The molecule has 0 aliphatic heterocycles. The quantitative estimate of drug-likeness (QED) is 0.174. The Kier molecular flexibility index (Phi) is 6.78. The summed E-state index contributed by atoms with van der Waals surface area (Å²) in [5.74, 6) is 1.84. The minimum Gasteiger partial charge on any atom is -0.456 e. The van der Waals surface area contributed by atoms with Gasteiger partial charge in [0.25, 0.3) is 0 Å². The molecule has 0 aliphatic rings. The first-order valence-electron chi connectivity index (χ1n) is 17.1. The molecule has 51 heavy (non-hydrogen) atoms. The van der Waals surface area contributed by atoms with Gasteiger partial charge in [0.15, 0.2) is 17.5 Å². The SMILES string of the molecule is c1ccc(-c2ccc(-c3cccc4oc5cccc(-c6nc(-c7ccccc7)nc(-c7ccc8c(ccc9ccccc98)c7)n6)c5c34)cc2)cc1. The average molecular weight is 652 g/mol. The minimum atomic E-state index is 0.597. The molecule has 0 saturated carbocycles. The molecule has 2 aromatic heterocycles. The van der Waals surface area contributed by atoms with E-state index < -0.39 is 0 Å². The summed E-state index contributed by atoms with van der Waals surface area (Å²) in [7, 11) is 0. The normalized spacial score (nSPS) is 11.5. The van der Waals surface area contributed by atoms with Crippen LogP contribution in [-0.2, 0) is 0 Å². The van der Waals surface area contributed by atoms with Crippen LogP contribution in [0.25, 0.3) is 99.9 Å². The number of hydrogen-bond acceptors (Lipinski definition) is 4. The molecular weight excluding hydrogens is 623 g/mol. The predicted octanol–water partition coefficient (Wildman–Crippen LogP) is 12.4. The number of rotatable bonds is 5. The van der Waals surface area contributed by atoms with Crippen molar-refractivity contribution >= 4 is 43.5 Å². The molecule has 0 fully saturated rings. The van der Waals surface area contributed by atoms with Crippen molar-refractivity contribution < 1.29 is 4.42 Å². The molecule has 0 bridgehead atoms. The lowest BCUT2D eigenvalue weighted by Crippen LogP contribution is -2.00. The van der Waals surface area contributed by atoms with Gasteiger partial charge in [0.2, 0.25) is 0 Å². The van der Waals surface area contributed by atoms with Crippen LogP contribution in [0, 0.1) is 0 Å². The van der Waals surface area contributed by atoms with Gasteiger partial charge in [-0.25, -0.2) is 15.0 Å². The van der Waals surface area contributed by atoms with E-state index in [-0.39, 0.29) is 0 Å². The van der Waals surface area contributed by atoms with Crippen molar-refractivity contribution in [3.05, 3.63) is 176 Å². The Morgan fingerprint density at radius 1 is 0.314 bits per heavy atom. The molecule has 0 unspecified atom stereocenters. The Morgan fingerprint density at radius 2 is 0.843 bits per heavy atom. The summed E-state index contributed by atoms with van der Waals surface area (Å²) in [6, 6.07) is 61.0. The van der Waals surface area contributed by atoms with Crippen LogP contribution >= 0.6 is 0 Å². The summed E-state index contributed by atoms with van der Waals surface area (Å²) in [6.07, 6.45) is 0. The fraction of sp³-hybridized carbons (Fsp3) is 0. The first-order valence-corrected chi connectivity index (χ1v) is 17.1. The Balaban J connectivity index is 1.17. The molecule has 8 aromatic carbocycles. The summed E-state index contributed by atoms with van der Waals surface area (Å²) >= 11 is 0. The Morgan fingerprint density at radius 3 is 1.61 bits per heavy atom. The third kappa shape index (κ3) is 5.04. The van der Waals surface area contributed by atoms with E-state index in [0.29, 0.717) is 17.5 Å². The highest BCUT2D eigenvalue weighted by Gasteiger charge is 2.20. The van der Waals surface area contributed by atoms with Crippen molar-refractivity contribution in [2.75, 3.05) is 0 Å². The molecule has 238 valence electrons. The molecule has 2 heterocycles. The van der Waals surface area contributed by atoms with E-state index in [9.17, 15) is 0 Å². The number of furan rings is 1. The lowest BCUT2D eigenvalue weighted by molar-refractivity contribution is 0.669. The monoisotopic (exact) mass is 651 g/mol. The molecule has 0 aliphatic carbocycles. The topological polar surface area (TPSA) is 51.8 Å². The van der Waals surface area contributed by atoms with Gasteiger partial charge >= 0.3 is 0 Å². The van der Waals surface area contributed by atoms with E-state index in [1.165, 1.54) is 27.3 Å². The van der Waals surface area contributed by atoms with Gasteiger partial charge in [-0.1, -0.05) is 158 Å². The summed E-state index contributed by atoms with van der Waals surface area (Å²) in [5, 5.41) is 6.81. The van der Waals surface area contributed by atoms with Gasteiger partial charge in [0.1, 0.15) is 11.2 Å². The van der Waals surface area contributed by atoms with E-state index in [0.717, 1.165) is 55.1 Å². The van der Waals surface area contributed by atoms with Gasteiger partial charge in [-0.05, 0) is 62.0 Å². The number of benzene rings is 8. The van der Waals surface area contributed by atoms with Gasteiger partial charge in [-0.3, -0.25) is 0 Å². The van der Waals surface area contributed by atoms with Crippen LogP contribution in [0.4, 0.5) is 0 Å². The first-order chi connectivity index (χ1) is 25.3. The summed E-state index contributed by atoms with van der Waals surface area (Å²) < 4.78 is 6.51. The lowest BCUT2D eigenvalue weighted by Gasteiger charge is -2.11. The van der Waals surface area contributed by atoms with E-state index in [1.807, 2.05) is 54.6 Å². The third-order valence-electron chi connectivity index (χ3n) is 9.74. The molecule has 10 aromatic rings. The zero-order chi connectivity index (χ0) is 33.7. The maximum atomic E-state index is 6.51. The van der Waals surface area contributed by atoms with Crippen LogP contribution in [0.1, 0.15) is 0 Å². The molecular formula is C47H29N3O. The summed E-state index contributed by atoms with van der Waals surface area (Å²) in [6.45, 7) is 0. The molecule has 4 heteroatoms. The molecule has 0 spiro atoms. The largest absolute Gasteiger partial charge is 0.456 e. The second kappa shape index (κ2) is 11.9. The maximum Gasteiger partial charge on any atom is 0.164 e. The number of aromatic nitrogens is 3. The highest BCUT2D eigenvalue weighted by atomic mass is 16.3. The fourth-order valence-electron chi connectivity index (χ4n) is 7.26. The van der Waals surface area contributed by atoms with E-state index in [4.69, 9.17) is 19.4 Å². The molecule has 0 radical (unpaired) electrons. The van der Waals surface area contributed by atoms with Crippen LogP contribution in [0.5, 0.6) is 0 Å². The average Bonchev–Trinajstić information content (AvgIpc) is 3.60. The fourth-order valence-corrected chi connectivity index (χ4v) is 7.26. The van der Waals surface area contributed by atoms with Crippen molar-refractivity contribution in [1.29, 1.82) is 0 Å². The second-order valence-corrected chi connectivity index (χ2v) is 12.8. The van der Waals surface area contributed by atoms with Crippen LogP contribution in [0.2, 0.25) is 0 Å². The highest BCUT2D eigenvalue weighted by Crippen LogP contribution is 2.42. The van der Waals surface area contributed by atoms with E-state index in [1.54, 1.807) is 0 Å². The van der Waals surface area contributed by atoms with E-state index >= 15 is 0 Å². The van der Waals surface area contributed by atoms with Crippen molar-refractivity contribution in [3.8, 4) is 56.4 Å². The van der Waals surface area contributed by atoms with Crippen molar-refractivity contribution in [2.45, 2.75) is 0 Å². The number of fused-ring (bicyclic) bond motifs is 6. The Labute approximate surface area is 294 Å². The molecule has 0 amide bonds. The zero-order valence-corrected chi connectivity index (χ0v) is 27.5. The molecule has 0 saturated heterocycles. The summed E-state index contributed by atoms with van der Waals surface area (Å²) in [4.78, 5) is 15.4. The van der Waals surface area contributed by atoms with Gasteiger partial charge in [-0.15, -0.1) is 0 Å². The molecule has 0 N–H and O–H groups in total. The van der Waals surface area contributed by atoms with Crippen LogP contribution in [0.15, 0.2) is 180 Å². The standard InChI is InChI=1S/C47H29N3O/c1-3-11-30(12-4-1)31-21-23-33(24-22-31)39-17-9-19-41-43(39)44-40(18-10-20-42(44)51-41)47-49-45(34-14-5-2-6-15-34)48-46(50-47)36-27-28-38-35(29-36)26-25-32-13-7-8-16-37(32)38/h1-29H. The predicted molar refractivity (Wildman–Crippen MR) is 209 cm³/mol. The van der Waals surface area contributed by atoms with Crippen molar-refractivity contribution in [3.63, 3.8) is 0 Å². The van der Waals surface area contributed by atoms with Crippen LogP contribution < -0.4 is 0 Å². The number of hydrogen-bond donors (Lipinski definition) is 0. The molecule has 4 nitrogen and oxygen atoms in total. The first kappa shape index (κ1) is 29.0. The molecule has 10 rings (SSSR count). The Bertz CT molecular complexity index is 2900. The smallest absolute Gasteiger partial charge is 0.164 e. The van der Waals surface area contributed by atoms with E-state index in [2.05, 4.69) is 121 Å². The molecule has 0 atom stereocenters. The Hall–Kier alpha value is -6.91. The van der Waals surface area contributed by atoms with Crippen molar-refractivity contribution in [1.82, 2.24) is 15.0 Å². The van der Waals surface area contributed by atoms with Crippen LogP contribution in [-0.4, -0.2) is 15.0 Å². The van der Waals surface area contributed by atoms with Gasteiger partial charge < -0.3 is 4.42 Å². The van der Waals surface area contributed by atoms with Crippen molar-refractivity contribution in [2.24, 2.45) is 0 Å². The van der Waals surface area contributed by atoms with Gasteiger partial charge in [0.05, 0.1) is 0 Å².